The molecule has 0 heterocycles. The summed E-state index contributed by atoms with van der Waals surface area (Å²) in [5.41, 5.74) is 1.47. The molecule has 0 spiro atoms. The Morgan fingerprint density at radius 1 is 1.36 bits per heavy atom. The number of nitrogens with zero attached hydrogens (tertiary/aromatic N) is 1. The average molecular weight is 169 g/mol. The minimum Gasteiger partial charge on any atom is -0.163 e. The first kappa shape index (κ1) is 7.94. The molecule has 0 aromatic heterocycles. The Hall–Kier alpha value is -1.16. The molecule has 1 aromatic rings. The second-order valence-electron chi connectivity index (χ2n) is 2.15. The van der Waals surface area contributed by atoms with E-state index < -0.39 is 10.5 Å². The standard InChI is InChI=1S/C7H7NO2S/c1-6-3-2-4-7(5-6)8-11(9)10/h2-5H,1H3. The van der Waals surface area contributed by atoms with Crippen molar-refractivity contribution in [2.75, 3.05) is 0 Å². The molecule has 0 aliphatic carbocycles. The van der Waals surface area contributed by atoms with E-state index in [2.05, 4.69) is 4.36 Å². The van der Waals surface area contributed by atoms with E-state index in [1.54, 1.807) is 18.2 Å². The van der Waals surface area contributed by atoms with Gasteiger partial charge in [-0.1, -0.05) is 12.1 Å². The van der Waals surface area contributed by atoms with Gasteiger partial charge in [-0.3, -0.25) is 0 Å². The van der Waals surface area contributed by atoms with Gasteiger partial charge in [0.1, 0.15) is 0 Å². The Morgan fingerprint density at radius 3 is 2.64 bits per heavy atom. The molecule has 58 valence electrons. The van der Waals surface area contributed by atoms with E-state index in [0.717, 1.165) is 5.56 Å². The topological polar surface area (TPSA) is 46.5 Å². The molecule has 4 heteroatoms. The van der Waals surface area contributed by atoms with Gasteiger partial charge in [0.2, 0.25) is 0 Å². The normalized spacial score (nSPS) is 9.18. The van der Waals surface area contributed by atoms with Crippen LogP contribution in [0.15, 0.2) is 28.6 Å². The fourth-order valence-corrected chi connectivity index (χ4v) is 1.06. The Balaban J connectivity index is 3.17. The molecule has 0 atom stereocenters. The van der Waals surface area contributed by atoms with Crippen molar-refractivity contribution in [2.24, 2.45) is 4.36 Å². The lowest BCUT2D eigenvalue weighted by molar-refractivity contribution is 0.622. The molecule has 0 fully saturated rings. The number of benzene rings is 1. The molecule has 0 unspecified atom stereocenters. The lowest BCUT2D eigenvalue weighted by Crippen LogP contribution is -1.68. The highest BCUT2D eigenvalue weighted by Crippen LogP contribution is 2.12. The summed E-state index contributed by atoms with van der Waals surface area (Å²) in [7, 11) is -2.35. The summed E-state index contributed by atoms with van der Waals surface area (Å²) in [6.45, 7) is 1.88. The number of rotatable bonds is 1. The molecule has 0 saturated carbocycles. The quantitative estimate of drug-likeness (QED) is 0.642. The van der Waals surface area contributed by atoms with Crippen LogP contribution in [0.3, 0.4) is 0 Å². The van der Waals surface area contributed by atoms with Crippen LogP contribution >= 0.6 is 0 Å². The molecular weight excluding hydrogens is 162 g/mol. The van der Waals surface area contributed by atoms with Gasteiger partial charge in [-0.15, -0.1) is 4.36 Å². The van der Waals surface area contributed by atoms with Crippen molar-refractivity contribution in [3.63, 3.8) is 0 Å². The molecular formula is C7H7NO2S. The van der Waals surface area contributed by atoms with Gasteiger partial charge in [0.05, 0.1) is 5.69 Å². The van der Waals surface area contributed by atoms with E-state index in [9.17, 15) is 8.42 Å². The fourth-order valence-electron chi connectivity index (χ4n) is 0.771. The minimum atomic E-state index is -2.35. The van der Waals surface area contributed by atoms with Gasteiger partial charge in [0.25, 0.3) is 0 Å². The molecule has 0 N–H and O–H groups in total. The van der Waals surface area contributed by atoms with Gasteiger partial charge >= 0.3 is 10.5 Å². The summed E-state index contributed by atoms with van der Waals surface area (Å²) in [4.78, 5) is 0. The van der Waals surface area contributed by atoms with Crippen molar-refractivity contribution in [2.45, 2.75) is 6.92 Å². The van der Waals surface area contributed by atoms with Crippen LogP contribution in [0.2, 0.25) is 0 Å². The van der Waals surface area contributed by atoms with Crippen LogP contribution in [-0.2, 0) is 10.5 Å². The first-order chi connectivity index (χ1) is 5.18. The molecule has 3 nitrogen and oxygen atoms in total. The van der Waals surface area contributed by atoms with Crippen molar-refractivity contribution in [1.29, 1.82) is 0 Å². The Morgan fingerprint density at radius 2 is 2.09 bits per heavy atom. The smallest absolute Gasteiger partial charge is 0.163 e. The van der Waals surface area contributed by atoms with Crippen molar-refractivity contribution >= 4 is 16.2 Å². The van der Waals surface area contributed by atoms with Crippen molar-refractivity contribution in [3.05, 3.63) is 29.8 Å². The van der Waals surface area contributed by atoms with Crippen LogP contribution in [0.4, 0.5) is 5.69 Å². The van der Waals surface area contributed by atoms with E-state index in [-0.39, 0.29) is 0 Å². The van der Waals surface area contributed by atoms with Crippen LogP contribution in [-0.4, -0.2) is 8.42 Å². The summed E-state index contributed by atoms with van der Waals surface area (Å²) in [5.74, 6) is 0. The van der Waals surface area contributed by atoms with E-state index in [1.165, 1.54) is 0 Å². The third kappa shape index (κ3) is 2.51. The predicted molar refractivity (Wildman–Crippen MR) is 42.2 cm³/mol. The van der Waals surface area contributed by atoms with Gasteiger partial charge in [-0.2, -0.15) is 8.42 Å². The molecule has 1 rings (SSSR count). The Kier molecular flexibility index (Phi) is 2.38. The van der Waals surface area contributed by atoms with Crippen molar-refractivity contribution in [3.8, 4) is 0 Å². The van der Waals surface area contributed by atoms with Gasteiger partial charge < -0.3 is 0 Å². The maximum absolute atomic E-state index is 10.1. The minimum absolute atomic E-state index is 0.471. The lowest BCUT2D eigenvalue weighted by Gasteiger charge is -1.90. The number of hydrogen-bond donors (Lipinski definition) is 0. The molecule has 11 heavy (non-hydrogen) atoms. The highest BCUT2D eigenvalue weighted by Gasteiger charge is 1.88. The molecule has 0 radical (unpaired) electrons. The van der Waals surface area contributed by atoms with E-state index in [0.29, 0.717) is 5.69 Å². The summed E-state index contributed by atoms with van der Waals surface area (Å²) in [6.07, 6.45) is 0. The molecule has 1 aromatic carbocycles. The second-order valence-corrected chi connectivity index (χ2v) is 2.76. The molecule has 0 amide bonds. The van der Waals surface area contributed by atoms with E-state index in [1.807, 2.05) is 13.0 Å². The monoisotopic (exact) mass is 169 g/mol. The third-order valence-electron chi connectivity index (χ3n) is 1.18. The maximum Gasteiger partial charge on any atom is 0.316 e. The van der Waals surface area contributed by atoms with Crippen LogP contribution in [0, 0.1) is 6.92 Å². The molecule has 0 bridgehead atoms. The summed E-state index contributed by atoms with van der Waals surface area (Å²) in [6, 6.07) is 6.99. The highest BCUT2D eigenvalue weighted by molar-refractivity contribution is 7.61. The third-order valence-corrected chi connectivity index (χ3v) is 1.54. The number of aryl methyl sites for hydroxylation is 1. The van der Waals surface area contributed by atoms with Crippen molar-refractivity contribution < 1.29 is 8.42 Å². The average Bonchev–Trinajstić information content (AvgIpc) is 1.85. The zero-order chi connectivity index (χ0) is 8.27. The maximum atomic E-state index is 10.1. The Labute approximate surface area is 66.4 Å². The van der Waals surface area contributed by atoms with Crippen LogP contribution in [0.5, 0.6) is 0 Å². The lowest BCUT2D eigenvalue weighted by atomic mass is 10.2. The molecule has 0 aliphatic heterocycles. The second kappa shape index (κ2) is 3.30. The Bertz CT molecular complexity index is 373. The van der Waals surface area contributed by atoms with Gasteiger partial charge in [0, 0.05) is 0 Å². The van der Waals surface area contributed by atoms with E-state index >= 15 is 0 Å². The first-order valence-corrected chi connectivity index (χ1v) is 4.09. The van der Waals surface area contributed by atoms with Crippen molar-refractivity contribution in [1.82, 2.24) is 0 Å². The highest BCUT2D eigenvalue weighted by atomic mass is 32.2. The van der Waals surface area contributed by atoms with Gasteiger partial charge in [-0.25, -0.2) is 0 Å². The fraction of sp³-hybridized carbons (Fsp3) is 0.143. The largest absolute Gasteiger partial charge is 0.316 e. The van der Waals surface area contributed by atoms with Crippen LogP contribution in [0.1, 0.15) is 5.56 Å². The first-order valence-electron chi connectivity index (χ1n) is 3.06. The van der Waals surface area contributed by atoms with Crippen LogP contribution < -0.4 is 0 Å². The molecule has 0 aliphatic rings. The summed E-state index contributed by atoms with van der Waals surface area (Å²) in [5, 5.41) is 0. The zero-order valence-corrected chi connectivity index (χ0v) is 6.80. The molecule has 0 saturated heterocycles. The number of hydrogen-bond acceptors (Lipinski definition) is 3. The zero-order valence-electron chi connectivity index (χ0n) is 5.98. The van der Waals surface area contributed by atoms with Crippen LogP contribution in [0.25, 0.3) is 0 Å². The SMILES string of the molecule is Cc1cccc(N=S(=O)=O)c1. The summed E-state index contributed by atoms with van der Waals surface area (Å²) >= 11 is 0. The van der Waals surface area contributed by atoms with Gasteiger partial charge in [0.15, 0.2) is 0 Å². The van der Waals surface area contributed by atoms with Gasteiger partial charge in [-0.05, 0) is 24.6 Å². The van der Waals surface area contributed by atoms with E-state index in [4.69, 9.17) is 0 Å². The summed E-state index contributed by atoms with van der Waals surface area (Å²) < 4.78 is 23.6. The predicted octanol–water partition coefficient (Wildman–Crippen LogP) is 1.69.